The molecule has 0 aliphatic rings. The summed E-state index contributed by atoms with van der Waals surface area (Å²) < 4.78 is 1.21. The second-order valence-corrected chi connectivity index (χ2v) is 7.89. The van der Waals surface area contributed by atoms with Gasteiger partial charge >= 0.3 is 0 Å². The summed E-state index contributed by atoms with van der Waals surface area (Å²) in [6, 6.07) is 6.61. The average molecular weight is 355 g/mol. The summed E-state index contributed by atoms with van der Waals surface area (Å²) >= 11 is 9.22. The van der Waals surface area contributed by atoms with E-state index in [4.69, 9.17) is 0 Å². The molecule has 92 valence electrons. The first kappa shape index (κ1) is 12.6. The molecule has 18 heavy (non-hydrogen) atoms. The molecule has 0 unspecified atom stereocenters. The number of aryl methyl sites for hydroxylation is 2. The first-order valence-corrected chi connectivity index (χ1v) is 8.92. The zero-order chi connectivity index (χ0) is 12.7. The van der Waals surface area contributed by atoms with E-state index in [2.05, 4.69) is 58.7 Å². The highest BCUT2D eigenvalue weighted by Gasteiger charge is 2.14. The van der Waals surface area contributed by atoms with Crippen molar-refractivity contribution in [2.24, 2.45) is 0 Å². The van der Waals surface area contributed by atoms with Crippen LogP contribution in [0.1, 0.15) is 11.1 Å². The first-order valence-electron chi connectivity index (χ1n) is 5.55. The largest absolute Gasteiger partial charge is 0.143 e. The molecular formula is C14H11BrS3. The quantitative estimate of drug-likeness (QED) is 0.487. The summed E-state index contributed by atoms with van der Waals surface area (Å²) in [5, 5.41) is 4.32. The van der Waals surface area contributed by atoms with Crippen molar-refractivity contribution in [3.63, 3.8) is 0 Å². The molecule has 0 nitrogen and oxygen atoms in total. The molecule has 0 fully saturated rings. The molecule has 0 aliphatic heterocycles. The Labute approximate surface area is 127 Å². The van der Waals surface area contributed by atoms with Gasteiger partial charge in [-0.2, -0.15) is 0 Å². The van der Waals surface area contributed by atoms with Crippen molar-refractivity contribution >= 4 is 49.9 Å². The predicted octanol–water partition coefficient (Wildman–Crippen LogP) is 6.58. The summed E-state index contributed by atoms with van der Waals surface area (Å²) in [5.41, 5.74) is 2.72. The summed E-state index contributed by atoms with van der Waals surface area (Å²) in [7, 11) is 0. The Morgan fingerprint density at radius 2 is 1.50 bits per heavy atom. The summed E-state index contributed by atoms with van der Waals surface area (Å²) in [5.74, 6) is 0. The minimum atomic E-state index is 1.21. The predicted molar refractivity (Wildman–Crippen MR) is 88.1 cm³/mol. The lowest BCUT2D eigenvalue weighted by molar-refractivity contribution is 1.55. The lowest BCUT2D eigenvalue weighted by Gasteiger charge is -1.96. The van der Waals surface area contributed by atoms with E-state index in [-0.39, 0.29) is 0 Å². The summed E-state index contributed by atoms with van der Waals surface area (Å²) in [4.78, 5) is 5.48. The number of thiophene rings is 3. The van der Waals surface area contributed by atoms with E-state index in [0.717, 1.165) is 0 Å². The van der Waals surface area contributed by atoms with Gasteiger partial charge in [0.2, 0.25) is 0 Å². The van der Waals surface area contributed by atoms with Gasteiger partial charge in [-0.3, -0.25) is 0 Å². The van der Waals surface area contributed by atoms with Crippen molar-refractivity contribution < 1.29 is 0 Å². The lowest BCUT2D eigenvalue weighted by Crippen LogP contribution is -1.69. The third-order valence-corrected chi connectivity index (χ3v) is 7.24. The fourth-order valence-corrected chi connectivity index (χ4v) is 6.13. The van der Waals surface area contributed by atoms with Gasteiger partial charge in [0.25, 0.3) is 0 Å². The number of hydrogen-bond acceptors (Lipinski definition) is 3. The molecule has 3 heterocycles. The molecule has 0 amide bonds. The topological polar surface area (TPSA) is 0 Å². The first-order chi connectivity index (χ1) is 8.66. The van der Waals surface area contributed by atoms with Crippen LogP contribution in [-0.4, -0.2) is 0 Å². The molecule has 3 aromatic heterocycles. The molecule has 0 saturated carbocycles. The molecule has 0 aromatic carbocycles. The second kappa shape index (κ2) is 4.93. The fourth-order valence-electron chi connectivity index (χ4n) is 1.87. The maximum atomic E-state index is 3.70. The van der Waals surface area contributed by atoms with E-state index in [1.807, 2.05) is 34.0 Å². The molecule has 0 N–H and O–H groups in total. The maximum Gasteiger partial charge on any atom is 0.0594 e. The molecule has 0 saturated heterocycles. The number of hydrogen-bond donors (Lipinski definition) is 0. The summed E-state index contributed by atoms with van der Waals surface area (Å²) in [6.07, 6.45) is 0. The Morgan fingerprint density at radius 1 is 0.889 bits per heavy atom. The monoisotopic (exact) mass is 354 g/mol. The highest BCUT2D eigenvalue weighted by atomic mass is 79.9. The van der Waals surface area contributed by atoms with Gasteiger partial charge in [0.05, 0.1) is 4.88 Å². The van der Waals surface area contributed by atoms with Crippen LogP contribution >= 0.6 is 49.9 Å². The van der Waals surface area contributed by atoms with Gasteiger partial charge in [-0.1, -0.05) is 0 Å². The van der Waals surface area contributed by atoms with Crippen molar-refractivity contribution in [1.29, 1.82) is 0 Å². The fraction of sp³-hybridized carbons (Fsp3) is 0.143. The Balaban J connectivity index is 2.13. The second-order valence-electron chi connectivity index (χ2n) is 4.15. The highest BCUT2D eigenvalue weighted by molar-refractivity contribution is 9.10. The molecule has 0 atom stereocenters. The van der Waals surface area contributed by atoms with E-state index in [0.29, 0.717) is 0 Å². The van der Waals surface area contributed by atoms with Gasteiger partial charge in [-0.05, 0) is 69.9 Å². The van der Waals surface area contributed by atoms with Crippen LogP contribution in [0.3, 0.4) is 0 Å². The normalized spacial score (nSPS) is 11.1. The smallest absolute Gasteiger partial charge is 0.0594 e. The highest BCUT2D eigenvalue weighted by Crippen LogP contribution is 2.45. The van der Waals surface area contributed by atoms with Gasteiger partial charge in [0, 0.05) is 19.1 Å². The Morgan fingerprint density at radius 3 is 2.06 bits per heavy atom. The van der Waals surface area contributed by atoms with Crippen molar-refractivity contribution in [3.05, 3.63) is 44.6 Å². The van der Waals surface area contributed by atoms with Crippen LogP contribution in [0.4, 0.5) is 0 Å². The van der Waals surface area contributed by atoms with Crippen LogP contribution in [0.5, 0.6) is 0 Å². The van der Waals surface area contributed by atoms with E-state index in [1.54, 1.807) is 0 Å². The van der Waals surface area contributed by atoms with Gasteiger partial charge in [0.15, 0.2) is 0 Å². The summed E-state index contributed by atoms with van der Waals surface area (Å²) in [6.45, 7) is 4.35. The van der Waals surface area contributed by atoms with Crippen LogP contribution in [0.15, 0.2) is 33.4 Å². The molecule has 4 heteroatoms. The van der Waals surface area contributed by atoms with Crippen LogP contribution in [-0.2, 0) is 0 Å². The minimum absolute atomic E-state index is 1.21. The number of halogens is 1. The molecule has 0 bridgehead atoms. The third-order valence-electron chi connectivity index (χ3n) is 2.84. The third kappa shape index (κ3) is 2.11. The van der Waals surface area contributed by atoms with E-state index >= 15 is 0 Å². The zero-order valence-corrected chi connectivity index (χ0v) is 14.0. The van der Waals surface area contributed by atoms with Gasteiger partial charge in [-0.25, -0.2) is 0 Å². The van der Waals surface area contributed by atoms with Crippen LogP contribution in [0.25, 0.3) is 19.5 Å². The van der Waals surface area contributed by atoms with Gasteiger partial charge in [0.1, 0.15) is 0 Å². The molecule has 0 aliphatic carbocycles. The van der Waals surface area contributed by atoms with E-state index in [9.17, 15) is 0 Å². The minimum Gasteiger partial charge on any atom is -0.143 e. The van der Waals surface area contributed by atoms with Crippen LogP contribution in [0.2, 0.25) is 0 Å². The molecule has 0 spiro atoms. The van der Waals surface area contributed by atoms with Crippen LogP contribution in [0, 0.1) is 13.8 Å². The van der Waals surface area contributed by atoms with Crippen molar-refractivity contribution in [2.75, 3.05) is 0 Å². The van der Waals surface area contributed by atoms with E-state index in [1.165, 1.54) is 35.1 Å². The average Bonchev–Trinajstić information content (AvgIpc) is 3.00. The zero-order valence-electron chi connectivity index (χ0n) is 9.99. The number of rotatable bonds is 2. The maximum absolute atomic E-state index is 3.70. The lowest BCUT2D eigenvalue weighted by atomic mass is 10.2. The standard InChI is InChI=1S/C14H11BrS3/c1-8-3-5-16-12(8)11-7-10(15)14(18-11)13-9(2)4-6-17-13/h3-7H,1-2H3. The van der Waals surface area contributed by atoms with E-state index < -0.39 is 0 Å². The SMILES string of the molecule is Cc1ccsc1-c1cc(Br)c(-c2sccc2C)s1. The Hall–Kier alpha value is -0.420. The van der Waals surface area contributed by atoms with Crippen LogP contribution < -0.4 is 0 Å². The molecule has 3 rings (SSSR count). The molecule has 3 aromatic rings. The van der Waals surface area contributed by atoms with Crippen molar-refractivity contribution in [2.45, 2.75) is 13.8 Å². The van der Waals surface area contributed by atoms with Gasteiger partial charge < -0.3 is 0 Å². The Kier molecular flexibility index (Phi) is 3.45. The Bertz CT molecular complexity index is 688. The molecular weight excluding hydrogens is 344 g/mol. The van der Waals surface area contributed by atoms with Crippen molar-refractivity contribution in [1.82, 2.24) is 0 Å². The van der Waals surface area contributed by atoms with Gasteiger partial charge in [-0.15, -0.1) is 34.0 Å². The van der Waals surface area contributed by atoms with Crippen molar-refractivity contribution in [3.8, 4) is 19.5 Å². The molecule has 0 radical (unpaired) electrons.